The van der Waals surface area contributed by atoms with E-state index < -0.39 is 0 Å². The third-order valence-electron chi connectivity index (χ3n) is 3.80. The van der Waals surface area contributed by atoms with Crippen LogP contribution in [0.25, 0.3) is 10.8 Å². The van der Waals surface area contributed by atoms with E-state index in [0.29, 0.717) is 0 Å². The molecule has 1 unspecified atom stereocenters. The van der Waals surface area contributed by atoms with Gasteiger partial charge in [-0.05, 0) is 40.6 Å². The molecule has 22 heavy (non-hydrogen) atoms. The lowest BCUT2D eigenvalue weighted by molar-refractivity contribution is 0.415. The van der Waals surface area contributed by atoms with Gasteiger partial charge in [-0.2, -0.15) is 0 Å². The Labute approximate surface area is 131 Å². The van der Waals surface area contributed by atoms with Crippen LogP contribution in [0.5, 0.6) is 5.75 Å². The van der Waals surface area contributed by atoms with Crippen LogP contribution in [0.1, 0.15) is 18.4 Å². The van der Waals surface area contributed by atoms with Crippen molar-refractivity contribution in [2.75, 3.05) is 7.11 Å². The molecule has 0 radical (unpaired) electrons. The van der Waals surface area contributed by atoms with E-state index >= 15 is 0 Å². The fourth-order valence-electron chi connectivity index (χ4n) is 2.45. The topological polar surface area (TPSA) is 21.6 Å². The maximum atomic E-state index is 5.27. The number of rotatable bonds is 4. The van der Waals surface area contributed by atoms with Crippen molar-refractivity contribution in [3.63, 3.8) is 0 Å². The summed E-state index contributed by atoms with van der Waals surface area (Å²) in [7, 11) is 1.69. The van der Waals surface area contributed by atoms with Crippen molar-refractivity contribution in [2.45, 2.75) is 12.8 Å². The van der Waals surface area contributed by atoms with E-state index in [1.807, 2.05) is 42.6 Å². The van der Waals surface area contributed by atoms with Crippen LogP contribution in [0, 0.1) is 0 Å². The van der Waals surface area contributed by atoms with Crippen LogP contribution in [0.15, 0.2) is 71.7 Å². The molecule has 110 valence electrons. The SMILES string of the molecule is COc1ccc2cc(C(C)C=Nc3ccccc3)ccc2c1. The predicted molar refractivity (Wildman–Crippen MR) is 93.5 cm³/mol. The first kappa shape index (κ1) is 14.3. The quantitative estimate of drug-likeness (QED) is 0.593. The number of nitrogens with zero attached hydrogens (tertiary/aromatic N) is 1. The summed E-state index contributed by atoms with van der Waals surface area (Å²) in [6.45, 7) is 2.16. The zero-order chi connectivity index (χ0) is 15.4. The van der Waals surface area contributed by atoms with E-state index in [9.17, 15) is 0 Å². The lowest BCUT2D eigenvalue weighted by Gasteiger charge is -2.09. The average Bonchev–Trinajstić information content (AvgIpc) is 2.59. The summed E-state index contributed by atoms with van der Waals surface area (Å²) in [5.74, 6) is 1.16. The predicted octanol–water partition coefficient (Wildman–Crippen LogP) is 5.35. The van der Waals surface area contributed by atoms with Gasteiger partial charge >= 0.3 is 0 Å². The van der Waals surface area contributed by atoms with Crippen LogP contribution < -0.4 is 4.74 Å². The number of methoxy groups -OCH3 is 1. The first-order valence-electron chi connectivity index (χ1n) is 7.43. The molecule has 2 heteroatoms. The molecule has 1 atom stereocenters. The van der Waals surface area contributed by atoms with Crippen molar-refractivity contribution in [3.8, 4) is 5.75 Å². The summed E-state index contributed by atoms with van der Waals surface area (Å²) in [5, 5.41) is 2.41. The maximum absolute atomic E-state index is 5.27. The molecule has 0 saturated heterocycles. The van der Waals surface area contributed by atoms with Crippen molar-refractivity contribution in [1.82, 2.24) is 0 Å². The number of hydrogen-bond acceptors (Lipinski definition) is 2. The van der Waals surface area contributed by atoms with Gasteiger partial charge in [-0.3, -0.25) is 4.99 Å². The largest absolute Gasteiger partial charge is 0.497 e. The summed E-state index contributed by atoms with van der Waals surface area (Å²) in [4.78, 5) is 4.54. The molecular weight excluding hydrogens is 270 g/mol. The van der Waals surface area contributed by atoms with E-state index in [0.717, 1.165) is 11.4 Å². The molecule has 0 amide bonds. The van der Waals surface area contributed by atoms with Crippen molar-refractivity contribution >= 4 is 22.7 Å². The van der Waals surface area contributed by atoms with Gasteiger partial charge in [-0.15, -0.1) is 0 Å². The van der Waals surface area contributed by atoms with Crippen molar-refractivity contribution in [1.29, 1.82) is 0 Å². The molecule has 0 aromatic heterocycles. The molecule has 0 aliphatic carbocycles. The summed E-state index contributed by atoms with van der Waals surface area (Å²) >= 11 is 0. The number of aliphatic imine (C=N–C) groups is 1. The number of fused-ring (bicyclic) bond motifs is 1. The van der Waals surface area contributed by atoms with E-state index in [1.54, 1.807) is 7.11 Å². The third-order valence-corrected chi connectivity index (χ3v) is 3.80. The smallest absolute Gasteiger partial charge is 0.119 e. The van der Waals surface area contributed by atoms with Crippen LogP contribution in [0.2, 0.25) is 0 Å². The van der Waals surface area contributed by atoms with Gasteiger partial charge in [0.05, 0.1) is 12.8 Å². The lowest BCUT2D eigenvalue weighted by Crippen LogP contribution is -1.94. The zero-order valence-electron chi connectivity index (χ0n) is 12.9. The monoisotopic (exact) mass is 289 g/mol. The average molecular weight is 289 g/mol. The molecule has 0 saturated carbocycles. The van der Waals surface area contributed by atoms with Gasteiger partial charge in [-0.25, -0.2) is 0 Å². The van der Waals surface area contributed by atoms with Gasteiger partial charge in [0.2, 0.25) is 0 Å². The van der Waals surface area contributed by atoms with Crippen molar-refractivity contribution in [2.24, 2.45) is 4.99 Å². The summed E-state index contributed by atoms with van der Waals surface area (Å²) in [6, 6.07) is 22.7. The lowest BCUT2D eigenvalue weighted by atomic mass is 9.98. The molecular formula is C20H19NO. The molecule has 3 aromatic rings. The maximum Gasteiger partial charge on any atom is 0.119 e. The molecule has 0 fully saturated rings. The first-order chi connectivity index (χ1) is 10.8. The van der Waals surface area contributed by atoms with E-state index in [1.165, 1.54) is 16.3 Å². The number of benzene rings is 3. The van der Waals surface area contributed by atoms with Crippen LogP contribution in [-0.2, 0) is 0 Å². The summed E-state index contributed by atoms with van der Waals surface area (Å²) in [6.07, 6.45) is 2.00. The van der Waals surface area contributed by atoms with E-state index in [-0.39, 0.29) is 5.92 Å². The standard InChI is InChI=1S/C20H19NO/c1-15(14-21-19-6-4-3-5-7-19)16-8-9-18-13-20(22-2)11-10-17(18)12-16/h3-15H,1-2H3. The fourth-order valence-corrected chi connectivity index (χ4v) is 2.45. The van der Waals surface area contributed by atoms with E-state index in [2.05, 4.69) is 42.2 Å². The van der Waals surface area contributed by atoms with Gasteiger partial charge in [-0.1, -0.05) is 49.4 Å². The van der Waals surface area contributed by atoms with Crippen LogP contribution in [-0.4, -0.2) is 13.3 Å². The Bertz CT molecular complexity index is 793. The van der Waals surface area contributed by atoms with Crippen LogP contribution in [0.3, 0.4) is 0 Å². The number of para-hydroxylation sites is 1. The minimum absolute atomic E-state index is 0.270. The normalized spacial score (nSPS) is 12.6. The molecule has 0 spiro atoms. The number of ether oxygens (including phenoxy) is 1. The van der Waals surface area contributed by atoms with Gasteiger partial charge in [0, 0.05) is 12.1 Å². The second kappa shape index (κ2) is 6.44. The summed E-state index contributed by atoms with van der Waals surface area (Å²) < 4.78 is 5.27. The zero-order valence-corrected chi connectivity index (χ0v) is 12.9. The molecule has 0 aliphatic rings. The van der Waals surface area contributed by atoms with E-state index in [4.69, 9.17) is 4.74 Å². The molecule has 0 N–H and O–H groups in total. The van der Waals surface area contributed by atoms with Gasteiger partial charge in [0.15, 0.2) is 0 Å². The Hall–Kier alpha value is -2.61. The Morgan fingerprint density at radius 1 is 0.909 bits per heavy atom. The molecule has 3 rings (SSSR count). The Kier molecular flexibility index (Phi) is 4.19. The molecule has 0 bridgehead atoms. The van der Waals surface area contributed by atoms with Gasteiger partial charge in [0.25, 0.3) is 0 Å². The second-order valence-electron chi connectivity index (χ2n) is 5.37. The minimum atomic E-state index is 0.270. The highest BCUT2D eigenvalue weighted by molar-refractivity contribution is 5.85. The highest BCUT2D eigenvalue weighted by Crippen LogP contribution is 2.25. The highest BCUT2D eigenvalue weighted by Gasteiger charge is 2.04. The van der Waals surface area contributed by atoms with Crippen LogP contribution >= 0.6 is 0 Å². The molecule has 3 aromatic carbocycles. The highest BCUT2D eigenvalue weighted by atomic mass is 16.5. The minimum Gasteiger partial charge on any atom is -0.497 e. The molecule has 0 aliphatic heterocycles. The van der Waals surface area contributed by atoms with Gasteiger partial charge in [0.1, 0.15) is 5.75 Å². The summed E-state index contributed by atoms with van der Waals surface area (Å²) in [5.41, 5.74) is 2.25. The third kappa shape index (κ3) is 3.17. The Morgan fingerprint density at radius 3 is 2.41 bits per heavy atom. The molecule has 0 heterocycles. The van der Waals surface area contributed by atoms with Crippen molar-refractivity contribution < 1.29 is 4.74 Å². The fraction of sp³-hybridized carbons (Fsp3) is 0.150. The first-order valence-corrected chi connectivity index (χ1v) is 7.43. The second-order valence-corrected chi connectivity index (χ2v) is 5.37. The van der Waals surface area contributed by atoms with Crippen molar-refractivity contribution in [3.05, 3.63) is 72.3 Å². The Morgan fingerprint density at radius 2 is 1.64 bits per heavy atom. The molecule has 2 nitrogen and oxygen atoms in total. The van der Waals surface area contributed by atoms with Crippen LogP contribution in [0.4, 0.5) is 5.69 Å². The number of hydrogen-bond donors (Lipinski definition) is 0. The Balaban J connectivity index is 1.85. The van der Waals surface area contributed by atoms with Gasteiger partial charge < -0.3 is 4.74 Å².